The highest BCUT2D eigenvalue weighted by Crippen LogP contribution is 2.16. The third-order valence-corrected chi connectivity index (χ3v) is 5.69. The van der Waals surface area contributed by atoms with Crippen molar-refractivity contribution in [1.82, 2.24) is 20.4 Å². The summed E-state index contributed by atoms with van der Waals surface area (Å²) >= 11 is 0. The summed E-state index contributed by atoms with van der Waals surface area (Å²) in [6.45, 7) is 15.0. The van der Waals surface area contributed by atoms with Crippen LogP contribution in [0.15, 0.2) is 4.99 Å². The maximum atomic E-state index is 5.53. The summed E-state index contributed by atoms with van der Waals surface area (Å²) in [5.41, 5.74) is 0. The summed E-state index contributed by atoms with van der Waals surface area (Å²) in [5, 5.41) is 7.15. The Kier molecular flexibility index (Phi) is 12.9. The van der Waals surface area contributed by atoms with E-state index in [1.807, 2.05) is 7.05 Å². The highest BCUT2D eigenvalue weighted by molar-refractivity contribution is 14.0. The van der Waals surface area contributed by atoms with Gasteiger partial charge in [-0.05, 0) is 38.3 Å². The van der Waals surface area contributed by atoms with Gasteiger partial charge in [0, 0.05) is 45.3 Å². The molecule has 2 atom stereocenters. The van der Waals surface area contributed by atoms with Crippen molar-refractivity contribution in [1.29, 1.82) is 0 Å². The molecule has 2 heterocycles. The Morgan fingerprint density at radius 2 is 1.89 bits per heavy atom. The Balaban J connectivity index is 0.00000364. The van der Waals surface area contributed by atoms with Crippen LogP contribution in [0.25, 0.3) is 0 Å². The normalized spacial score (nSPS) is 23.7. The van der Waals surface area contributed by atoms with E-state index in [2.05, 4.69) is 46.2 Å². The van der Waals surface area contributed by atoms with Crippen molar-refractivity contribution in [3.8, 4) is 0 Å². The number of nitrogens with one attached hydrogen (secondary N) is 2. The second-order valence-electron chi connectivity index (χ2n) is 8.04. The van der Waals surface area contributed by atoms with E-state index in [1.54, 1.807) is 0 Å². The molecule has 0 aliphatic carbocycles. The zero-order valence-electron chi connectivity index (χ0n) is 17.9. The molecule has 0 saturated carbocycles. The number of ether oxygens (including phenoxy) is 1. The molecule has 6 nitrogen and oxygen atoms in total. The second kappa shape index (κ2) is 14.0. The molecule has 0 aromatic heterocycles. The Morgan fingerprint density at radius 1 is 1.15 bits per heavy atom. The van der Waals surface area contributed by atoms with Crippen molar-refractivity contribution in [2.75, 3.05) is 59.5 Å². The van der Waals surface area contributed by atoms with Crippen LogP contribution in [0.3, 0.4) is 0 Å². The lowest BCUT2D eigenvalue weighted by atomic mass is 10.0. The summed E-state index contributed by atoms with van der Waals surface area (Å²) in [5.74, 6) is 1.63. The topological polar surface area (TPSA) is 52.1 Å². The number of guanidine groups is 1. The van der Waals surface area contributed by atoms with Crippen LogP contribution in [0.4, 0.5) is 0 Å². The summed E-state index contributed by atoms with van der Waals surface area (Å²) in [6.07, 6.45) is 5.19. The van der Waals surface area contributed by atoms with Crippen LogP contribution in [0.2, 0.25) is 0 Å². The number of likely N-dealkylation sites (tertiary alicyclic amines) is 1. The number of aliphatic imine (C=N–C) groups is 1. The van der Waals surface area contributed by atoms with Crippen LogP contribution in [0, 0.1) is 5.92 Å². The predicted octanol–water partition coefficient (Wildman–Crippen LogP) is 2.39. The largest absolute Gasteiger partial charge is 0.379 e. The predicted molar refractivity (Wildman–Crippen MR) is 125 cm³/mol. The van der Waals surface area contributed by atoms with Gasteiger partial charge >= 0.3 is 0 Å². The number of piperidine rings is 1. The van der Waals surface area contributed by atoms with Crippen LogP contribution in [0.5, 0.6) is 0 Å². The number of morpholine rings is 1. The van der Waals surface area contributed by atoms with Crippen LogP contribution < -0.4 is 10.6 Å². The van der Waals surface area contributed by atoms with Crippen molar-refractivity contribution in [3.63, 3.8) is 0 Å². The molecule has 0 radical (unpaired) electrons. The fraction of sp³-hybridized carbons (Fsp3) is 0.950. The first kappa shape index (κ1) is 24.9. The van der Waals surface area contributed by atoms with Gasteiger partial charge in [0.15, 0.2) is 5.96 Å². The Hall–Kier alpha value is -0.120. The third kappa shape index (κ3) is 8.83. The third-order valence-electron chi connectivity index (χ3n) is 5.69. The minimum Gasteiger partial charge on any atom is -0.379 e. The van der Waals surface area contributed by atoms with Gasteiger partial charge in [-0.2, -0.15) is 0 Å². The number of hydrogen-bond acceptors (Lipinski definition) is 4. The molecule has 2 unspecified atom stereocenters. The van der Waals surface area contributed by atoms with E-state index in [9.17, 15) is 0 Å². The quantitative estimate of drug-likeness (QED) is 0.308. The van der Waals surface area contributed by atoms with Crippen LogP contribution in [0.1, 0.15) is 46.5 Å². The maximum Gasteiger partial charge on any atom is 0.191 e. The fourth-order valence-corrected chi connectivity index (χ4v) is 4.21. The van der Waals surface area contributed by atoms with E-state index in [4.69, 9.17) is 4.74 Å². The molecule has 7 heteroatoms. The summed E-state index contributed by atoms with van der Waals surface area (Å²) in [4.78, 5) is 9.62. The van der Waals surface area contributed by atoms with Gasteiger partial charge in [0.25, 0.3) is 0 Å². The van der Waals surface area contributed by atoms with E-state index in [1.165, 1.54) is 32.2 Å². The van der Waals surface area contributed by atoms with E-state index in [0.717, 1.165) is 51.9 Å². The fourth-order valence-electron chi connectivity index (χ4n) is 4.21. The molecule has 2 fully saturated rings. The Labute approximate surface area is 183 Å². The SMILES string of the molecule is CCN1CCCCC1CNC(=NC)NCC(CC(C)C)N1CCOCC1.I. The van der Waals surface area contributed by atoms with Crippen molar-refractivity contribution in [2.24, 2.45) is 10.9 Å². The molecule has 0 bridgehead atoms. The van der Waals surface area contributed by atoms with Crippen molar-refractivity contribution >= 4 is 29.9 Å². The molecule has 0 amide bonds. The van der Waals surface area contributed by atoms with Crippen LogP contribution >= 0.6 is 24.0 Å². The van der Waals surface area contributed by atoms with Gasteiger partial charge in [0.2, 0.25) is 0 Å². The zero-order valence-corrected chi connectivity index (χ0v) is 20.2. The van der Waals surface area contributed by atoms with E-state index >= 15 is 0 Å². The molecule has 0 aromatic rings. The van der Waals surface area contributed by atoms with Crippen molar-refractivity contribution in [2.45, 2.75) is 58.5 Å². The monoisotopic (exact) mass is 495 g/mol. The molecule has 2 rings (SSSR count). The molecule has 2 saturated heterocycles. The number of likely N-dealkylation sites (N-methyl/N-ethyl adjacent to an activating group) is 1. The van der Waals surface area contributed by atoms with E-state index in [-0.39, 0.29) is 24.0 Å². The average molecular weight is 495 g/mol. The van der Waals surface area contributed by atoms with Gasteiger partial charge in [-0.25, -0.2) is 0 Å². The highest BCUT2D eigenvalue weighted by atomic mass is 127. The first-order valence-corrected chi connectivity index (χ1v) is 10.6. The van der Waals surface area contributed by atoms with Crippen LogP contribution in [-0.4, -0.2) is 87.4 Å². The number of halogens is 1. The van der Waals surface area contributed by atoms with Crippen molar-refractivity contribution < 1.29 is 4.74 Å². The molecule has 0 spiro atoms. The standard InChI is InChI=1S/C20H41N5O.HI/c1-5-24-9-7-6-8-18(24)15-22-20(21-4)23-16-19(14-17(2)3)25-10-12-26-13-11-25;/h17-19H,5-16H2,1-4H3,(H2,21,22,23);1H. The smallest absolute Gasteiger partial charge is 0.191 e. The lowest BCUT2D eigenvalue weighted by molar-refractivity contribution is 0.0132. The molecule has 27 heavy (non-hydrogen) atoms. The van der Waals surface area contributed by atoms with Gasteiger partial charge in [0.05, 0.1) is 13.2 Å². The molecule has 0 aromatic carbocycles. The lowest BCUT2D eigenvalue weighted by Gasteiger charge is -2.36. The lowest BCUT2D eigenvalue weighted by Crippen LogP contribution is -2.53. The van der Waals surface area contributed by atoms with E-state index < -0.39 is 0 Å². The first-order valence-electron chi connectivity index (χ1n) is 10.6. The van der Waals surface area contributed by atoms with Gasteiger partial charge in [-0.3, -0.25) is 14.8 Å². The molecule has 2 N–H and O–H groups in total. The zero-order chi connectivity index (χ0) is 18.8. The molecule has 2 aliphatic heterocycles. The van der Waals surface area contributed by atoms with Crippen LogP contribution in [-0.2, 0) is 4.74 Å². The molecule has 2 aliphatic rings. The Morgan fingerprint density at radius 3 is 2.52 bits per heavy atom. The van der Waals surface area contributed by atoms with Gasteiger partial charge < -0.3 is 15.4 Å². The second-order valence-corrected chi connectivity index (χ2v) is 8.04. The average Bonchev–Trinajstić information content (AvgIpc) is 2.67. The molecular weight excluding hydrogens is 453 g/mol. The van der Waals surface area contributed by atoms with Crippen molar-refractivity contribution in [3.05, 3.63) is 0 Å². The van der Waals surface area contributed by atoms with Gasteiger partial charge in [0.1, 0.15) is 0 Å². The summed E-state index contributed by atoms with van der Waals surface area (Å²) in [6, 6.07) is 1.18. The summed E-state index contributed by atoms with van der Waals surface area (Å²) in [7, 11) is 1.87. The number of nitrogens with zero attached hydrogens (tertiary/aromatic N) is 3. The Bertz CT molecular complexity index is 415. The maximum absolute atomic E-state index is 5.53. The minimum absolute atomic E-state index is 0. The van der Waals surface area contributed by atoms with E-state index in [0.29, 0.717) is 18.0 Å². The number of rotatable bonds is 8. The van der Waals surface area contributed by atoms with Gasteiger partial charge in [-0.15, -0.1) is 24.0 Å². The number of hydrogen-bond donors (Lipinski definition) is 2. The van der Waals surface area contributed by atoms with Gasteiger partial charge in [-0.1, -0.05) is 27.2 Å². The summed E-state index contributed by atoms with van der Waals surface area (Å²) < 4.78 is 5.53. The minimum atomic E-state index is 0. The molecule has 160 valence electrons. The first-order chi connectivity index (χ1) is 12.6. The molecular formula is C20H42IN5O. The highest BCUT2D eigenvalue weighted by Gasteiger charge is 2.23.